The van der Waals surface area contributed by atoms with E-state index in [1.807, 2.05) is 36.4 Å². The number of hydrogen-bond donors (Lipinski definition) is 1. The van der Waals surface area contributed by atoms with Crippen molar-refractivity contribution in [3.05, 3.63) is 55.3 Å². The van der Waals surface area contributed by atoms with Gasteiger partial charge in [0.25, 0.3) is 0 Å². The molecule has 0 aliphatic carbocycles. The zero-order chi connectivity index (χ0) is 10.8. The monoisotopic (exact) mass is 330 g/mol. The molecule has 1 atom stereocenters. The Morgan fingerprint density at radius 1 is 1.13 bits per heavy atom. The fourth-order valence-corrected chi connectivity index (χ4v) is 2.66. The Hall–Kier alpha value is -0.390. The van der Waals surface area contributed by atoms with E-state index in [0.717, 1.165) is 10.4 Å². The first-order valence-electron chi connectivity index (χ1n) is 4.66. The fraction of sp³-hybridized carbons (Fsp3) is 0.167. The van der Waals surface area contributed by atoms with Crippen molar-refractivity contribution in [2.24, 2.45) is 0 Å². The van der Waals surface area contributed by atoms with Gasteiger partial charge in [-0.2, -0.15) is 0 Å². The molecule has 0 aliphatic rings. The lowest BCUT2D eigenvalue weighted by atomic mass is 10.1. The van der Waals surface area contributed by atoms with Crippen LogP contribution in [0.1, 0.15) is 21.4 Å². The topological polar surface area (TPSA) is 20.2 Å². The normalized spacial score (nSPS) is 12.7. The third-order valence-corrected chi connectivity index (χ3v) is 3.99. The Bertz CT molecular complexity index is 447. The Morgan fingerprint density at radius 2 is 1.80 bits per heavy atom. The molecular weight excluding hydrogens is 319 g/mol. The highest BCUT2D eigenvalue weighted by Gasteiger charge is 2.11. The van der Waals surface area contributed by atoms with Crippen molar-refractivity contribution in [2.45, 2.75) is 13.0 Å². The van der Waals surface area contributed by atoms with Gasteiger partial charge in [0.05, 0.1) is 0 Å². The van der Waals surface area contributed by atoms with E-state index in [2.05, 4.69) is 29.5 Å². The standard InChI is InChI=1S/C12H11IOS/c1-8-2-7-11(15-8)12(14)9-3-5-10(13)6-4-9/h2-7,12,14H,1H3. The van der Waals surface area contributed by atoms with Gasteiger partial charge in [-0.15, -0.1) is 11.3 Å². The Balaban J connectivity index is 2.28. The van der Waals surface area contributed by atoms with E-state index in [-0.39, 0.29) is 0 Å². The second kappa shape index (κ2) is 4.63. The number of aryl methyl sites for hydroxylation is 1. The number of aliphatic hydroxyl groups is 1. The molecule has 0 radical (unpaired) electrons. The summed E-state index contributed by atoms with van der Waals surface area (Å²) in [4.78, 5) is 2.24. The number of thiophene rings is 1. The van der Waals surface area contributed by atoms with E-state index < -0.39 is 6.10 Å². The number of benzene rings is 1. The lowest BCUT2D eigenvalue weighted by molar-refractivity contribution is 0.224. The minimum Gasteiger partial charge on any atom is -0.383 e. The molecule has 0 amide bonds. The average molecular weight is 330 g/mol. The van der Waals surface area contributed by atoms with Crippen molar-refractivity contribution in [3.8, 4) is 0 Å². The molecular formula is C12H11IOS. The molecule has 0 fully saturated rings. The molecule has 1 heterocycles. The number of aliphatic hydroxyl groups excluding tert-OH is 1. The average Bonchev–Trinajstić information content (AvgIpc) is 2.65. The lowest BCUT2D eigenvalue weighted by Gasteiger charge is -2.08. The molecule has 1 aromatic carbocycles. The van der Waals surface area contributed by atoms with Gasteiger partial charge in [0, 0.05) is 13.3 Å². The largest absolute Gasteiger partial charge is 0.383 e. The van der Waals surface area contributed by atoms with Crippen LogP contribution >= 0.6 is 33.9 Å². The minimum absolute atomic E-state index is 0.485. The molecule has 1 unspecified atom stereocenters. The SMILES string of the molecule is Cc1ccc(C(O)c2ccc(I)cc2)s1. The molecule has 0 aliphatic heterocycles. The fourth-order valence-electron chi connectivity index (χ4n) is 1.41. The van der Waals surface area contributed by atoms with Gasteiger partial charge in [0.1, 0.15) is 6.10 Å². The van der Waals surface area contributed by atoms with Crippen molar-refractivity contribution in [1.82, 2.24) is 0 Å². The van der Waals surface area contributed by atoms with Crippen molar-refractivity contribution in [3.63, 3.8) is 0 Å². The maximum absolute atomic E-state index is 10.1. The van der Waals surface area contributed by atoms with Gasteiger partial charge in [-0.1, -0.05) is 12.1 Å². The molecule has 2 rings (SSSR count). The molecule has 0 spiro atoms. The highest BCUT2D eigenvalue weighted by Crippen LogP contribution is 2.28. The van der Waals surface area contributed by atoms with Crippen LogP contribution in [0.4, 0.5) is 0 Å². The summed E-state index contributed by atoms with van der Waals surface area (Å²) in [6.07, 6.45) is -0.485. The van der Waals surface area contributed by atoms with E-state index in [9.17, 15) is 5.11 Å². The van der Waals surface area contributed by atoms with Crippen LogP contribution in [0, 0.1) is 10.5 Å². The molecule has 0 saturated heterocycles. The summed E-state index contributed by atoms with van der Waals surface area (Å²) in [7, 11) is 0. The molecule has 2 aromatic rings. The van der Waals surface area contributed by atoms with Gasteiger partial charge in [0.15, 0.2) is 0 Å². The maximum Gasteiger partial charge on any atom is 0.113 e. The summed E-state index contributed by atoms with van der Waals surface area (Å²) >= 11 is 3.90. The number of hydrogen-bond acceptors (Lipinski definition) is 2. The summed E-state index contributed by atoms with van der Waals surface area (Å²) in [5.41, 5.74) is 0.956. The molecule has 1 N–H and O–H groups in total. The van der Waals surface area contributed by atoms with Crippen LogP contribution in [-0.2, 0) is 0 Å². The van der Waals surface area contributed by atoms with Crippen molar-refractivity contribution in [1.29, 1.82) is 0 Å². The van der Waals surface area contributed by atoms with E-state index in [1.165, 1.54) is 8.45 Å². The Kier molecular flexibility index (Phi) is 3.43. The van der Waals surface area contributed by atoms with Crippen molar-refractivity contribution in [2.75, 3.05) is 0 Å². The van der Waals surface area contributed by atoms with E-state index in [1.54, 1.807) is 11.3 Å². The molecule has 78 valence electrons. The minimum atomic E-state index is -0.485. The zero-order valence-electron chi connectivity index (χ0n) is 8.27. The lowest BCUT2D eigenvalue weighted by Crippen LogP contribution is -1.96. The van der Waals surface area contributed by atoms with Crippen LogP contribution in [0.15, 0.2) is 36.4 Å². The van der Waals surface area contributed by atoms with Crippen molar-refractivity contribution >= 4 is 33.9 Å². The Morgan fingerprint density at radius 3 is 2.33 bits per heavy atom. The van der Waals surface area contributed by atoms with Crippen LogP contribution in [0.3, 0.4) is 0 Å². The first-order chi connectivity index (χ1) is 7.16. The van der Waals surface area contributed by atoms with Gasteiger partial charge in [0.2, 0.25) is 0 Å². The van der Waals surface area contributed by atoms with E-state index in [4.69, 9.17) is 0 Å². The van der Waals surface area contributed by atoms with Crippen LogP contribution in [0.25, 0.3) is 0 Å². The van der Waals surface area contributed by atoms with Gasteiger partial charge in [-0.05, 0) is 59.3 Å². The third kappa shape index (κ3) is 2.59. The van der Waals surface area contributed by atoms with E-state index in [0.29, 0.717) is 0 Å². The summed E-state index contributed by atoms with van der Waals surface area (Å²) in [5.74, 6) is 0. The molecule has 15 heavy (non-hydrogen) atoms. The molecule has 0 saturated carbocycles. The predicted octanol–water partition coefficient (Wildman–Crippen LogP) is 3.74. The predicted molar refractivity (Wildman–Crippen MR) is 72.3 cm³/mol. The van der Waals surface area contributed by atoms with Gasteiger partial charge in [-0.3, -0.25) is 0 Å². The van der Waals surface area contributed by atoms with Crippen LogP contribution in [0.5, 0.6) is 0 Å². The summed E-state index contributed by atoms with van der Waals surface area (Å²) < 4.78 is 1.19. The Labute approximate surface area is 107 Å². The van der Waals surface area contributed by atoms with Crippen molar-refractivity contribution < 1.29 is 5.11 Å². The summed E-state index contributed by atoms with van der Waals surface area (Å²) in [5, 5.41) is 10.1. The molecule has 0 bridgehead atoms. The molecule has 3 heteroatoms. The van der Waals surface area contributed by atoms with Crippen LogP contribution in [0.2, 0.25) is 0 Å². The highest BCUT2D eigenvalue weighted by atomic mass is 127. The smallest absolute Gasteiger partial charge is 0.113 e. The third-order valence-electron chi connectivity index (χ3n) is 2.22. The molecule has 1 aromatic heterocycles. The zero-order valence-corrected chi connectivity index (χ0v) is 11.2. The second-order valence-corrected chi connectivity index (χ2v) is 5.97. The number of rotatable bonds is 2. The molecule has 1 nitrogen and oxygen atoms in total. The summed E-state index contributed by atoms with van der Waals surface area (Å²) in [6.45, 7) is 2.05. The summed E-state index contributed by atoms with van der Waals surface area (Å²) in [6, 6.07) is 12.0. The first-order valence-corrected chi connectivity index (χ1v) is 6.56. The van der Waals surface area contributed by atoms with E-state index >= 15 is 0 Å². The van der Waals surface area contributed by atoms with Crippen LogP contribution in [-0.4, -0.2) is 5.11 Å². The quantitative estimate of drug-likeness (QED) is 0.832. The first kappa shape index (κ1) is 11.1. The van der Waals surface area contributed by atoms with Gasteiger partial charge >= 0.3 is 0 Å². The van der Waals surface area contributed by atoms with Gasteiger partial charge < -0.3 is 5.11 Å². The highest BCUT2D eigenvalue weighted by molar-refractivity contribution is 14.1. The maximum atomic E-state index is 10.1. The van der Waals surface area contributed by atoms with Crippen LogP contribution < -0.4 is 0 Å². The van der Waals surface area contributed by atoms with Gasteiger partial charge in [-0.25, -0.2) is 0 Å². The number of halogens is 1. The second-order valence-electron chi connectivity index (χ2n) is 3.40.